The van der Waals surface area contributed by atoms with Crippen molar-refractivity contribution in [3.05, 3.63) is 39.5 Å². The maximum Gasteiger partial charge on any atom is 0.211 e. The van der Waals surface area contributed by atoms with Crippen molar-refractivity contribution in [2.75, 3.05) is 5.32 Å². The number of amides is 1. The molecule has 4 nitrogen and oxygen atoms in total. The summed E-state index contributed by atoms with van der Waals surface area (Å²) in [6.07, 6.45) is 0.512. The van der Waals surface area contributed by atoms with Gasteiger partial charge in [0.15, 0.2) is 5.15 Å². The number of carbonyl (C=O) groups is 1. The van der Waals surface area contributed by atoms with E-state index in [-0.39, 0.29) is 5.15 Å². The summed E-state index contributed by atoms with van der Waals surface area (Å²) in [6, 6.07) is 6.58. The summed E-state index contributed by atoms with van der Waals surface area (Å²) in [7, 11) is 0. The smallest absolute Gasteiger partial charge is 0.211 e. The number of aromatic nitrogens is 2. The minimum Gasteiger partial charge on any atom is -0.326 e. The van der Waals surface area contributed by atoms with Crippen LogP contribution in [0, 0.1) is 0 Å². The molecule has 1 heterocycles. The predicted molar refractivity (Wildman–Crippen MR) is 72.2 cm³/mol. The zero-order valence-electron chi connectivity index (χ0n) is 8.82. The van der Waals surface area contributed by atoms with Crippen molar-refractivity contribution < 1.29 is 4.79 Å². The molecule has 2 rings (SSSR count). The SMILES string of the molecule is O=CNc1cc(-c2cc(Cl)cc(Cl)c2)nnc1Cl. The lowest BCUT2D eigenvalue weighted by Gasteiger charge is -2.05. The monoisotopic (exact) mass is 301 g/mol. The molecule has 0 spiro atoms. The molecule has 1 aromatic carbocycles. The average molecular weight is 303 g/mol. The third-order valence-corrected chi connectivity index (χ3v) is 2.84. The molecule has 0 saturated heterocycles. The van der Waals surface area contributed by atoms with Gasteiger partial charge in [0.1, 0.15) is 0 Å². The number of rotatable bonds is 3. The summed E-state index contributed by atoms with van der Waals surface area (Å²) in [5, 5.41) is 11.2. The van der Waals surface area contributed by atoms with E-state index in [1.165, 1.54) is 0 Å². The van der Waals surface area contributed by atoms with E-state index in [9.17, 15) is 4.79 Å². The van der Waals surface area contributed by atoms with Crippen LogP contribution >= 0.6 is 34.8 Å². The van der Waals surface area contributed by atoms with E-state index in [1.807, 2.05) is 0 Å². The van der Waals surface area contributed by atoms with Crippen molar-refractivity contribution >= 4 is 46.9 Å². The highest BCUT2D eigenvalue weighted by atomic mass is 35.5. The summed E-state index contributed by atoms with van der Waals surface area (Å²) < 4.78 is 0. The van der Waals surface area contributed by atoms with Gasteiger partial charge in [-0.15, -0.1) is 10.2 Å². The van der Waals surface area contributed by atoms with Gasteiger partial charge in [0, 0.05) is 15.6 Å². The second-order valence-corrected chi connectivity index (χ2v) is 4.59. The molecule has 2 aromatic rings. The van der Waals surface area contributed by atoms with Gasteiger partial charge in [0.2, 0.25) is 6.41 Å². The van der Waals surface area contributed by atoms with Crippen LogP contribution in [-0.2, 0) is 4.79 Å². The van der Waals surface area contributed by atoms with E-state index in [4.69, 9.17) is 34.8 Å². The zero-order valence-corrected chi connectivity index (χ0v) is 11.1. The average Bonchev–Trinajstić information content (AvgIpc) is 2.31. The van der Waals surface area contributed by atoms with Crippen molar-refractivity contribution in [2.45, 2.75) is 0 Å². The Labute approximate surface area is 118 Å². The molecule has 92 valence electrons. The lowest BCUT2D eigenvalue weighted by atomic mass is 10.1. The first-order valence-electron chi connectivity index (χ1n) is 4.80. The minimum absolute atomic E-state index is 0.110. The standard InChI is InChI=1S/C11H6Cl3N3O/c12-7-1-6(2-8(13)3-7)9-4-10(15-5-18)11(14)17-16-9/h1-5H,(H,15,16,18). The van der Waals surface area contributed by atoms with Gasteiger partial charge in [-0.3, -0.25) is 4.79 Å². The van der Waals surface area contributed by atoms with E-state index in [0.29, 0.717) is 33.4 Å². The number of anilines is 1. The summed E-state index contributed by atoms with van der Waals surface area (Å²) in [6.45, 7) is 0. The van der Waals surface area contributed by atoms with Crippen LogP contribution in [0.5, 0.6) is 0 Å². The first-order valence-corrected chi connectivity index (χ1v) is 5.93. The first kappa shape index (κ1) is 13.1. The molecule has 0 bridgehead atoms. The highest BCUT2D eigenvalue weighted by molar-refractivity contribution is 6.35. The van der Waals surface area contributed by atoms with Crippen molar-refractivity contribution in [3.8, 4) is 11.3 Å². The zero-order chi connectivity index (χ0) is 13.1. The normalized spacial score (nSPS) is 10.2. The Balaban J connectivity index is 2.50. The molecule has 0 aliphatic carbocycles. The van der Waals surface area contributed by atoms with Gasteiger partial charge in [-0.2, -0.15) is 0 Å². The van der Waals surface area contributed by atoms with Crippen molar-refractivity contribution in [2.24, 2.45) is 0 Å². The van der Waals surface area contributed by atoms with Crippen LogP contribution in [0.15, 0.2) is 24.3 Å². The van der Waals surface area contributed by atoms with Crippen LogP contribution in [0.4, 0.5) is 5.69 Å². The van der Waals surface area contributed by atoms with Gasteiger partial charge in [-0.1, -0.05) is 34.8 Å². The third-order valence-electron chi connectivity index (χ3n) is 2.12. The molecule has 18 heavy (non-hydrogen) atoms. The molecule has 0 fully saturated rings. The van der Waals surface area contributed by atoms with Crippen LogP contribution in [0.2, 0.25) is 15.2 Å². The Hall–Kier alpha value is -1.36. The topological polar surface area (TPSA) is 54.9 Å². The summed E-state index contributed by atoms with van der Waals surface area (Å²) in [5.74, 6) is 0. The first-order chi connectivity index (χ1) is 8.60. The van der Waals surface area contributed by atoms with E-state index >= 15 is 0 Å². The van der Waals surface area contributed by atoms with Crippen LogP contribution in [0.3, 0.4) is 0 Å². The molecule has 0 radical (unpaired) electrons. The lowest BCUT2D eigenvalue weighted by Crippen LogP contribution is -1.98. The van der Waals surface area contributed by atoms with Crippen LogP contribution in [0.1, 0.15) is 0 Å². The van der Waals surface area contributed by atoms with Gasteiger partial charge >= 0.3 is 0 Å². The predicted octanol–water partition coefficient (Wildman–Crippen LogP) is 3.67. The molecule has 1 N–H and O–H groups in total. The number of nitrogens with one attached hydrogen (secondary N) is 1. The quantitative estimate of drug-likeness (QED) is 0.880. The Morgan fingerprint density at radius 1 is 1.00 bits per heavy atom. The molecule has 0 aliphatic rings. The molecule has 0 saturated carbocycles. The minimum atomic E-state index is 0.110. The third kappa shape index (κ3) is 2.90. The van der Waals surface area contributed by atoms with Gasteiger partial charge in [-0.25, -0.2) is 0 Å². The van der Waals surface area contributed by atoms with Gasteiger partial charge in [-0.05, 0) is 24.3 Å². The molecular weight excluding hydrogens is 296 g/mol. The van der Waals surface area contributed by atoms with Gasteiger partial charge < -0.3 is 5.32 Å². The van der Waals surface area contributed by atoms with E-state index < -0.39 is 0 Å². The number of benzene rings is 1. The molecular formula is C11H6Cl3N3O. The van der Waals surface area contributed by atoms with Crippen LogP contribution < -0.4 is 5.32 Å². The van der Waals surface area contributed by atoms with Crippen molar-refractivity contribution in [1.82, 2.24) is 10.2 Å². The number of hydrogen-bond donors (Lipinski definition) is 1. The van der Waals surface area contributed by atoms with Crippen molar-refractivity contribution in [1.29, 1.82) is 0 Å². The Morgan fingerprint density at radius 2 is 1.67 bits per heavy atom. The maximum atomic E-state index is 10.4. The largest absolute Gasteiger partial charge is 0.326 e. The summed E-state index contributed by atoms with van der Waals surface area (Å²) in [5.41, 5.74) is 1.56. The highest BCUT2D eigenvalue weighted by Crippen LogP contribution is 2.28. The summed E-state index contributed by atoms with van der Waals surface area (Å²) >= 11 is 17.6. The number of nitrogens with zero attached hydrogens (tertiary/aromatic N) is 2. The van der Waals surface area contributed by atoms with Gasteiger partial charge in [0.25, 0.3) is 0 Å². The van der Waals surface area contributed by atoms with E-state index in [1.54, 1.807) is 24.3 Å². The number of hydrogen-bond acceptors (Lipinski definition) is 3. The van der Waals surface area contributed by atoms with Crippen LogP contribution in [-0.4, -0.2) is 16.6 Å². The highest BCUT2D eigenvalue weighted by Gasteiger charge is 2.08. The summed E-state index contributed by atoms with van der Waals surface area (Å²) in [4.78, 5) is 10.4. The molecule has 1 aromatic heterocycles. The van der Waals surface area contributed by atoms with E-state index in [0.717, 1.165) is 0 Å². The molecule has 1 amide bonds. The van der Waals surface area contributed by atoms with E-state index in [2.05, 4.69) is 15.5 Å². The fraction of sp³-hybridized carbons (Fsp3) is 0. The second-order valence-electron chi connectivity index (χ2n) is 3.35. The van der Waals surface area contributed by atoms with Crippen molar-refractivity contribution in [3.63, 3.8) is 0 Å². The molecule has 0 unspecified atom stereocenters. The Kier molecular flexibility index (Phi) is 4.01. The molecule has 0 atom stereocenters. The Morgan fingerprint density at radius 3 is 2.28 bits per heavy atom. The number of halogens is 3. The Bertz CT molecular complexity index is 584. The second kappa shape index (κ2) is 5.52. The van der Waals surface area contributed by atoms with Crippen LogP contribution in [0.25, 0.3) is 11.3 Å². The lowest BCUT2D eigenvalue weighted by molar-refractivity contribution is -0.105. The fourth-order valence-electron chi connectivity index (χ4n) is 1.38. The molecule has 0 aliphatic heterocycles. The maximum absolute atomic E-state index is 10.4. The fourth-order valence-corrected chi connectivity index (χ4v) is 2.06. The number of carbonyl (C=O) groups excluding carboxylic acids is 1. The van der Waals surface area contributed by atoms with Gasteiger partial charge in [0.05, 0.1) is 11.4 Å². The molecule has 7 heteroatoms.